The molecule has 0 spiro atoms. The number of benzene rings is 1. The summed E-state index contributed by atoms with van der Waals surface area (Å²) in [5, 5.41) is 2.67. The second-order valence-electron chi connectivity index (χ2n) is 5.43. The number of nitrogens with zero attached hydrogens (tertiary/aromatic N) is 1. The third-order valence-corrected chi connectivity index (χ3v) is 3.99. The minimum atomic E-state index is 0.149. The largest absolute Gasteiger partial charge is 0.319 e. The van der Waals surface area contributed by atoms with Crippen LogP contribution >= 0.6 is 0 Å². The van der Waals surface area contributed by atoms with Gasteiger partial charge in [-0.05, 0) is 24.3 Å². The quantitative estimate of drug-likeness (QED) is 0.822. The van der Waals surface area contributed by atoms with Crippen molar-refractivity contribution in [2.45, 2.75) is 45.2 Å². The maximum absolute atomic E-state index is 6.27. The molecule has 0 radical (unpaired) electrons. The summed E-state index contributed by atoms with van der Waals surface area (Å²) >= 11 is 0. The Morgan fingerprint density at radius 1 is 1.39 bits per heavy atom. The Hall–Kier alpha value is -1.41. The van der Waals surface area contributed by atoms with E-state index in [1.807, 2.05) is 0 Å². The van der Waals surface area contributed by atoms with Crippen LogP contribution in [-0.4, -0.2) is 0 Å². The van der Waals surface area contributed by atoms with Gasteiger partial charge in [-0.3, -0.25) is 0 Å². The standard InChI is InChI=1S/C16H21N2/c1-3-15(17)16-9-12-6-4-5-11(2)14(12)10-18(16)13-7-8-13/h4-6,9-10,13,15H,3,7-8,17H2,1-2H3/q+1. The van der Waals surface area contributed by atoms with Crippen LogP contribution in [0, 0.1) is 6.92 Å². The van der Waals surface area contributed by atoms with Gasteiger partial charge in [0, 0.05) is 24.3 Å². The number of hydrogen-bond acceptors (Lipinski definition) is 1. The van der Waals surface area contributed by atoms with Crippen molar-refractivity contribution in [3.05, 3.63) is 41.7 Å². The zero-order valence-electron chi connectivity index (χ0n) is 11.2. The third kappa shape index (κ3) is 1.91. The summed E-state index contributed by atoms with van der Waals surface area (Å²) in [6.45, 7) is 4.33. The average molecular weight is 241 g/mol. The first kappa shape index (κ1) is 11.7. The molecule has 1 unspecified atom stereocenters. The van der Waals surface area contributed by atoms with Gasteiger partial charge in [0.15, 0.2) is 17.9 Å². The molecule has 1 saturated carbocycles. The fourth-order valence-corrected chi connectivity index (χ4v) is 2.63. The fraction of sp³-hybridized carbons (Fsp3) is 0.438. The van der Waals surface area contributed by atoms with E-state index in [1.165, 1.54) is 34.9 Å². The molecule has 2 heteroatoms. The smallest absolute Gasteiger partial charge is 0.199 e. The van der Waals surface area contributed by atoms with Crippen LogP contribution in [0.25, 0.3) is 10.8 Å². The summed E-state index contributed by atoms with van der Waals surface area (Å²) in [5.74, 6) is 0. The first-order valence-corrected chi connectivity index (χ1v) is 6.90. The Labute approximate surface area is 108 Å². The molecule has 1 fully saturated rings. The van der Waals surface area contributed by atoms with E-state index in [9.17, 15) is 0 Å². The zero-order valence-corrected chi connectivity index (χ0v) is 11.2. The lowest BCUT2D eigenvalue weighted by Crippen LogP contribution is -2.40. The van der Waals surface area contributed by atoms with Crippen LogP contribution in [0.15, 0.2) is 30.5 Å². The Bertz CT molecular complexity index is 585. The van der Waals surface area contributed by atoms with E-state index >= 15 is 0 Å². The molecule has 2 aromatic rings. The van der Waals surface area contributed by atoms with Crippen molar-refractivity contribution in [3.63, 3.8) is 0 Å². The van der Waals surface area contributed by atoms with Crippen molar-refractivity contribution in [1.29, 1.82) is 0 Å². The van der Waals surface area contributed by atoms with Gasteiger partial charge in [0.1, 0.15) is 0 Å². The number of rotatable bonds is 3. The second kappa shape index (κ2) is 4.36. The lowest BCUT2D eigenvalue weighted by Gasteiger charge is -2.11. The van der Waals surface area contributed by atoms with Crippen molar-refractivity contribution >= 4 is 10.8 Å². The van der Waals surface area contributed by atoms with E-state index in [2.05, 4.69) is 48.9 Å². The van der Waals surface area contributed by atoms with E-state index in [0.29, 0.717) is 6.04 Å². The maximum Gasteiger partial charge on any atom is 0.199 e. The van der Waals surface area contributed by atoms with Crippen molar-refractivity contribution < 1.29 is 4.57 Å². The molecule has 2 nitrogen and oxygen atoms in total. The molecule has 0 bridgehead atoms. The van der Waals surface area contributed by atoms with Gasteiger partial charge in [0.05, 0.1) is 6.04 Å². The van der Waals surface area contributed by atoms with Crippen LogP contribution in [0.2, 0.25) is 0 Å². The van der Waals surface area contributed by atoms with Gasteiger partial charge in [-0.2, -0.15) is 4.57 Å². The number of fused-ring (bicyclic) bond motifs is 1. The number of aryl methyl sites for hydroxylation is 1. The molecule has 0 aliphatic heterocycles. The van der Waals surface area contributed by atoms with E-state index < -0.39 is 0 Å². The molecule has 0 saturated heterocycles. The topological polar surface area (TPSA) is 29.9 Å². The number of nitrogens with two attached hydrogens (primary N) is 1. The average Bonchev–Trinajstić information content (AvgIpc) is 3.21. The van der Waals surface area contributed by atoms with Gasteiger partial charge in [-0.25, -0.2) is 0 Å². The highest BCUT2D eigenvalue weighted by atomic mass is 15.0. The predicted octanol–water partition coefficient (Wildman–Crippen LogP) is 3.18. The monoisotopic (exact) mass is 241 g/mol. The Kier molecular flexibility index (Phi) is 2.83. The lowest BCUT2D eigenvalue weighted by molar-refractivity contribution is -0.707. The summed E-state index contributed by atoms with van der Waals surface area (Å²) in [7, 11) is 0. The van der Waals surface area contributed by atoms with Crippen LogP contribution in [-0.2, 0) is 0 Å². The molecule has 3 rings (SSSR count). The summed E-state index contributed by atoms with van der Waals surface area (Å²) in [6, 6.07) is 9.61. The minimum Gasteiger partial charge on any atom is -0.319 e. The molecular formula is C16H21N2+. The molecule has 1 aromatic carbocycles. The molecule has 1 atom stereocenters. The molecule has 1 aromatic heterocycles. The van der Waals surface area contributed by atoms with Gasteiger partial charge < -0.3 is 5.73 Å². The predicted molar refractivity (Wildman–Crippen MR) is 74.4 cm³/mol. The summed E-state index contributed by atoms with van der Waals surface area (Å²) in [6.07, 6.45) is 5.90. The molecule has 1 heterocycles. The minimum absolute atomic E-state index is 0.149. The van der Waals surface area contributed by atoms with Gasteiger partial charge in [0.25, 0.3) is 0 Å². The van der Waals surface area contributed by atoms with E-state index in [-0.39, 0.29) is 6.04 Å². The lowest BCUT2D eigenvalue weighted by atomic mass is 10.0. The second-order valence-corrected chi connectivity index (χ2v) is 5.43. The molecule has 2 N–H and O–H groups in total. The fourth-order valence-electron chi connectivity index (χ4n) is 2.63. The molecule has 1 aliphatic carbocycles. The normalized spacial score (nSPS) is 17.1. The molecule has 18 heavy (non-hydrogen) atoms. The highest BCUT2D eigenvalue weighted by Crippen LogP contribution is 2.32. The Morgan fingerprint density at radius 3 is 2.83 bits per heavy atom. The van der Waals surface area contributed by atoms with Crippen LogP contribution < -0.4 is 10.3 Å². The van der Waals surface area contributed by atoms with Crippen LogP contribution in [0.4, 0.5) is 0 Å². The van der Waals surface area contributed by atoms with Gasteiger partial charge in [-0.15, -0.1) is 0 Å². The molecule has 94 valence electrons. The summed E-state index contributed by atoms with van der Waals surface area (Å²) < 4.78 is 2.42. The maximum atomic E-state index is 6.27. The number of hydrogen-bond donors (Lipinski definition) is 1. The Morgan fingerprint density at radius 2 is 2.17 bits per heavy atom. The SMILES string of the molecule is CCC(N)c1cc2cccc(C)c2c[n+]1C1CC1. The van der Waals surface area contributed by atoms with Crippen LogP contribution in [0.5, 0.6) is 0 Å². The third-order valence-electron chi connectivity index (χ3n) is 3.99. The van der Waals surface area contributed by atoms with Gasteiger partial charge >= 0.3 is 0 Å². The van der Waals surface area contributed by atoms with Crippen molar-refractivity contribution in [2.24, 2.45) is 5.73 Å². The van der Waals surface area contributed by atoms with Crippen molar-refractivity contribution in [3.8, 4) is 0 Å². The van der Waals surface area contributed by atoms with Gasteiger partial charge in [-0.1, -0.05) is 25.1 Å². The van der Waals surface area contributed by atoms with E-state index in [0.717, 1.165) is 6.42 Å². The van der Waals surface area contributed by atoms with Crippen LogP contribution in [0.1, 0.15) is 49.5 Å². The number of pyridine rings is 1. The highest BCUT2D eigenvalue weighted by Gasteiger charge is 2.35. The Balaban J connectivity index is 2.23. The van der Waals surface area contributed by atoms with Crippen molar-refractivity contribution in [1.82, 2.24) is 0 Å². The van der Waals surface area contributed by atoms with E-state index in [1.54, 1.807) is 0 Å². The zero-order chi connectivity index (χ0) is 12.7. The summed E-state index contributed by atoms with van der Waals surface area (Å²) in [5.41, 5.74) is 8.90. The summed E-state index contributed by atoms with van der Waals surface area (Å²) in [4.78, 5) is 0. The molecule has 0 amide bonds. The first-order chi connectivity index (χ1) is 8.70. The van der Waals surface area contributed by atoms with Crippen molar-refractivity contribution in [2.75, 3.05) is 0 Å². The number of aromatic nitrogens is 1. The van der Waals surface area contributed by atoms with Gasteiger partial charge in [0.2, 0.25) is 0 Å². The van der Waals surface area contributed by atoms with Crippen LogP contribution in [0.3, 0.4) is 0 Å². The molecular weight excluding hydrogens is 220 g/mol. The first-order valence-electron chi connectivity index (χ1n) is 6.90. The van der Waals surface area contributed by atoms with E-state index in [4.69, 9.17) is 5.73 Å². The molecule has 1 aliphatic rings. The highest BCUT2D eigenvalue weighted by molar-refractivity contribution is 5.84.